The maximum atomic E-state index is 12.7. The summed E-state index contributed by atoms with van der Waals surface area (Å²) in [6.45, 7) is 2.02. The summed E-state index contributed by atoms with van der Waals surface area (Å²) < 4.78 is 1.41. The Bertz CT molecular complexity index is 875. The van der Waals surface area contributed by atoms with Crippen molar-refractivity contribution in [2.75, 3.05) is 0 Å². The minimum atomic E-state index is -0.931. The fourth-order valence-electron chi connectivity index (χ4n) is 2.91. The second-order valence-corrected chi connectivity index (χ2v) is 7.17. The highest BCUT2D eigenvalue weighted by Gasteiger charge is 2.14. The lowest BCUT2D eigenvalue weighted by atomic mass is 10.1. The molecule has 0 aliphatic carbocycles. The Morgan fingerprint density at radius 2 is 1.82 bits per heavy atom. The number of benzene rings is 1. The molecule has 0 amide bonds. The van der Waals surface area contributed by atoms with Crippen molar-refractivity contribution in [2.45, 2.75) is 58.4 Å². The highest BCUT2D eigenvalue weighted by atomic mass is 35.5. The van der Waals surface area contributed by atoms with Gasteiger partial charge in [0.25, 0.3) is 5.56 Å². The molecule has 0 radical (unpaired) electrons. The largest absolute Gasteiger partial charge is 0.481 e. The summed E-state index contributed by atoms with van der Waals surface area (Å²) >= 11 is 5.93. The van der Waals surface area contributed by atoms with Gasteiger partial charge in [-0.25, -0.2) is 4.98 Å². The average Bonchev–Trinajstić information content (AvgIpc) is 2.64. The van der Waals surface area contributed by atoms with E-state index in [1.807, 2.05) is 0 Å². The molecule has 1 aromatic heterocycles. The van der Waals surface area contributed by atoms with E-state index in [0.717, 1.165) is 24.8 Å². The quantitative estimate of drug-likeness (QED) is 0.569. The number of rotatable bonds is 11. The lowest BCUT2D eigenvalue weighted by Crippen LogP contribution is -2.28. The molecule has 6 nitrogen and oxygen atoms in total. The fraction of sp³-hybridized carbons (Fsp3) is 0.429. The summed E-state index contributed by atoms with van der Waals surface area (Å²) in [4.78, 5) is 40.2. The molecule has 2 aromatic rings. The molecule has 0 saturated heterocycles. The lowest BCUT2D eigenvalue weighted by Gasteiger charge is -2.13. The number of aliphatic carboxylic acids is 1. The summed E-state index contributed by atoms with van der Waals surface area (Å²) in [5, 5.41) is 9.30. The van der Waals surface area contributed by atoms with Crippen LogP contribution in [0.15, 0.2) is 35.1 Å². The SMILES string of the molecule is CCCCCc1nc(-c2ccc(Cl)cc2)cc(=O)n1CC(=O)CCCC(=O)O. The van der Waals surface area contributed by atoms with Crippen molar-refractivity contribution < 1.29 is 14.7 Å². The topological polar surface area (TPSA) is 89.3 Å². The zero-order chi connectivity index (χ0) is 20.5. The average molecular weight is 405 g/mol. The van der Waals surface area contributed by atoms with E-state index in [1.165, 1.54) is 10.6 Å². The van der Waals surface area contributed by atoms with E-state index in [-0.39, 0.29) is 37.1 Å². The van der Waals surface area contributed by atoms with E-state index in [1.54, 1.807) is 24.3 Å². The summed E-state index contributed by atoms with van der Waals surface area (Å²) in [7, 11) is 0. The molecule has 7 heteroatoms. The summed E-state index contributed by atoms with van der Waals surface area (Å²) in [6.07, 6.45) is 3.87. The number of nitrogens with zero attached hydrogens (tertiary/aromatic N) is 2. The number of ketones is 1. The van der Waals surface area contributed by atoms with Gasteiger partial charge >= 0.3 is 5.97 Å². The summed E-state index contributed by atoms with van der Waals surface area (Å²) in [6, 6.07) is 8.53. The van der Waals surface area contributed by atoms with Crippen LogP contribution in [0.5, 0.6) is 0 Å². The number of hydrogen-bond acceptors (Lipinski definition) is 4. The number of carbonyl (C=O) groups is 2. The Labute approximate surface area is 169 Å². The van der Waals surface area contributed by atoms with E-state index in [4.69, 9.17) is 16.7 Å². The number of aromatic nitrogens is 2. The molecule has 0 spiro atoms. The molecule has 0 aliphatic rings. The van der Waals surface area contributed by atoms with Gasteiger partial charge in [-0.2, -0.15) is 0 Å². The third-order valence-corrected chi connectivity index (χ3v) is 4.66. The minimum Gasteiger partial charge on any atom is -0.481 e. The van der Waals surface area contributed by atoms with Crippen LogP contribution in [-0.2, 0) is 22.6 Å². The van der Waals surface area contributed by atoms with Crippen molar-refractivity contribution in [1.29, 1.82) is 0 Å². The first-order valence-corrected chi connectivity index (χ1v) is 9.88. The Hall–Kier alpha value is -2.47. The van der Waals surface area contributed by atoms with Gasteiger partial charge in [0, 0.05) is 35.9 Å². The Balaban J connectivity index is 2.27. The molecule has 0 atom stereocenters. The molecule has 0 fully saturated rings. The third kappa shape index (κ3) is 6.60. The smallest absolute Gasteiger partial charge is 0.303 e. The molecular weight excluding hydrogens is 380 g/mol. The van der Waals surface area contributed by atoms with Crippen LogP contribution >= 0.6 is 11.6 Å². The molecule has 2 rings (SSSR count). The van der Waals surface area contributed by atoms with Gasteiger partial charge in [-0.15, -0.1) is 0 Å². The van der Waals surface area contributed by atoms with Crippen LogP contribution < -0.4 is 5.56 Å². The Morgan fingerprint density at radius 3 is 2.46 bits per heavy atom. The fourth-order valence-corrected chi connectivity index (χ4v) is 3.03. The number of aryl methyl sites for hydroxylation is 1. The first-order valence-electron chi connectivity index (χ1n) is 9.51. The number of carboxylic acids is 1. The highest BCUT2D eigenvalue weighted by Crippen LogP contribution is 2.19. The van der Waals surface area contributed by atoms with Gasteiger partial charge in [0.05, 0.1) is 12.2 Å². The first kappa shape index (κ1) is 21.8. The van der Waals surface area contributed by atoms with Crippen LogP contribution in [0.25, 0.3) is 11.3 Å². The van der Waals surface area contributed by atoms with Crippen LogP contribution in [0.1, 0.15) is 51.3 Å². The van der Waals surface area contributed by atoms with Gasteiger partial charge in [-0.3, -0.25) is 19.0 Å². The van der Waals surface area contributed by atoms with Gasteiger partial charge in [-0.1, -0.05) is 43.5 Å². The van der Waals surface area contributed by atoms with Gasteiger partial charge < -0.3 is 5.11 Å². The van der Waals surface area contributed by atoms with Crippen LogP contribution in [0.4, 0.5) is 0 Å². The minimum absolute atomic E-state index is 0.0578. The number of hydrogen-bond donors (Lipinski definition) is 1. The van der Waals surface area contributed by atoms with Crippen molar-refractivity contribution in [1.82, 2.24) is 9.55 Å². The molecule has 0 aliphatic heterocycles. The molecule has 1 N–H and O–H groups in total. The maximum Gasteiger partial charge on any atom is 0.303 e. The second-order valence-electron chi connectivity index (χ2n) is 6.73. The molecule has 1 aromatic carbocycles. The van der Waals surface area contributed by atoms with E-state index in [9.17, 15) is 14.4 Å². The van der Waals surface area contributed by atoms with Gasteiger partial charge in [-0.05, 0) is 25.0 Å². The van der Waals surface area contributed by atoms with Crippen molar-refractivity contribution in [3.05, 3.63) is 51.5 Å². The van der Waals surface area contributed by atoms with E-state index < -0.39 is 5.97 Å². The standard InChI is InChI=1S/C21H25ClN2O4/c1-2-3-4-7-19-23-18(15-9-11-16(22)12-10-15)13-20(26)24(19)14-17(25)6-5-8-21(27)28/h9-13H,2-8,14H2,1H3,(H,27,28). The van der Waals surface area contributed by atoms with Gasteiger partial charge in [0.15, 0.2) is 5.78 Å². The maximum absolute atomic E-state index is 12.7. The van der Waals surface area contributed by atoms with Crippen LogP contribution in [0.2, 0.25) is 5.02 Å². The predicted octanol–water partition coefficient (Wildman–Crippen LogP) is 4.12. The normalized spacial score (nSPS) is 10.8. The molecule has 0 bridgehead atoms. The van der Waals surface area contributed by atoms with Crippen molar-refractivity contribution in [2.24, 2.45) is 0 Å². The Kier molecular flexibility index (Phi) is 8.39. The number of unbranched alkanes of at least 4 members (excludes halogenated alkanes) is 2. The lowest BCUT2D eigenvalue weighted by molar-refractivity contribution is -0.137. The van der Waals surface area contributed by atoms with Gasteiger partial charge in [0.2, 0.25) is 0 Å². The van der Waals surface area contributed by atoms with Crippen molar-refractivity contribution >= 4 is 23.4 Å². The van der Waals surface area contributed by atoms with Crippen molar-refractivity contribution in [3.63, 3.8) is 0 Å². The van der Waals surface area contributed by atoms with Crippen LogP contribution in [0.3, 0.4) is 0 Å². The molecule has 0 saturated carbocycles. The van der Waals surface area contributed by atoms with E-state index in [0.29, 0.717) is 23.0 Å². The number of halogens is 1. The van der Waals surface area contributed by atoms with E-state index >= 15 is 0 Å². The number of carboxylic acid groups (broad SMARTS) is 1. The second kappa shape index (κ2) is 10.8. The van der Waals surface area contributed by atoms with Crippen molar-refractivity contribution in [3.8, 4) is 11.3 Å². The molecular formula is C21H25ClN2O4. The third-order valence-electron chi connectivity index (χ3n) is 4.41. The molecule has 1 heterocycles. The summed E-state index contributed by atoms with van der Waals surface area (Å²) in [5.41, 5.74) is 1.07. The Morgan fingerprint density at radius 1 is 1.11 bits per heavy atom. The monoisotopic (exact) mass is 404 g/mol. The molecule has 28 heavy (non-hydrogen) atoms. The summed E-state index contributed by atoms with van der Waals surface area (Å²) in [5.74, 6) is -0.516. The predicted molar refractivity (Wildman–Crippen MR) is 109 cm³/mol. The number of carbonyl (C=O) groups excluding carboxylic acids is 1. The van der Waals surface area contributed by atoms with Crippen LogP contribution in [0, 0.1) is 0 Å². The number of Topliss-reactive ketones (excluding diaryl/α,β-unsaturated/α-hetero) is 1. The van der Waals surface area contributed by atoms with Gasteiger partial charge in [0.1, 0.15) is 5.82 Å². The zero-order valence-corrected chi connectivity index (χ0v) is 16.7. The molecule has 150 valence electrons. The zero-order valence-electron chi connectivity index (χ0n) is 16.0. The van der Waals surface area contributed by atoms with Crippen LogP contribution in [-0.4, -0.2) is 26.4 Å². The molecule has 0 unspecified atom stereocenters. The highest BCUT2D eigenvalue weighted by molar-refractivity contribution is 6.30. The first-order chi connectivity index (χ1) is 13.4. The van der Waals surface area contributed by atoms with E-state index in [2.05, 4.69) is 11.9 Å².